The number of allylic oxidation sites excluding steroid dienone is 2. The zero-order valence-corrected chi connectivity index (χ0v) is 13.6. The molecule has 0 N–H and O–H groups in total. The van der Waals surface area contributed by atoms with E-state index in [-0.39, 0.29) is 11.6 Å². The number of rotatable bonds is 0. The van der Waals surface area contributed by atoms with Crippen molar-refractivity contribution in [3.8, 4) is 0 Å². The number of carbonyl (C=O) groups is 2. The minimum absolute atomic E-state index is 0.0929. The van der Waals surface area contributed by atoms with Crippen molar-refractivity contribution in [2.45, 2.75) is 30.1 Å². The highest BCUT2D eigenvalue weighted by atomic mass is 16.1. The minimum Gasteiger partial charge on any atom is -0.294 e. The van der Waals surface area contributed by atoms with Crippen molar-refractivity contribution in [2.24, 2.45) is 5.41 Å². The standard InChI is InChI=1S/C22H16O2/c1-19-13-7-3-5-9-15(13)20(2)21(16-10-6-4-8-14(16)19)17(23)11-12-18(24)22(19,20)21/h3-12H,1-2H3. The number of hydrogen-bond acceptors (Lipinski definition) is 2. The van der Waals surface area contributed by atoms with Gasteiger partial charge in [0.25, 0.3) is 0 Å². The maximum atomic E-state index is 13.3. The predicted molar refractivity (Wildman–Crippen MR) is 90.0 cm³/mol. The van der Waals surface area contributed by atoms with E-state index in [0.717, 1.165) is 11.1 Å². The molecule has 2 nitrogen and oxygen atoms in total. The largest absolute Gasteiger partial charge is 0.294 e. The van der Waals surface area contributed by atoms with Crippen LogP contribution in [-0.2, 0) is 25.8 Å². The topological polar surface area (TPSA) is 34.1 Å². The monoisotopic (exact) mass is 312 g/mol. The van der Waals surface area contributed by atoms with Gasteiger partial charge in [-0.25, -0.2) is 0 Å². The smallest absolute Gasteiger partial charge is 0.168 e. The molecule has 0 amide bonds. The van der Waals surface area contributed by atoms with Crippen molar-refractivity contribution >= 4 is 11.6 Å². The molecule has 2 heteroatoms. The molecule has 0 bridgehead atoms. The Morgan fingerprint density at radius 3 is 1.83 bits per heavy atom. The fourth-order valence-electron chi connectivity index (χ4n) is 7.26. The van der Waals surface area contributed by atoms with Gasteiger partial charge in [-0.15, -0.1) is 0 Å². The van der Waals surface area contributed by atoms with Gasteiger partial charge in [0.05, 0.1) is 10.8 Å². The second kappa shape index (κ2) is 3.19. The molecule has 2 aromatic rings. The third-order valence-electron chi connectivity index (χ3n) is 7.75. The van der Waals surface area contributed by atoms with Crippen LogP contribution in [0.4, 0.5) is 0 Å². The zero-order chi connectivity index (χ0) is 16.5. The van der Waals surface area contributed by atoms with Gasteiger partial charge in [0, 0.05) is 10.8 Å². The van der Waals surface area contributed by atoms with E-state index in [1.54, 1.807) is 0 Å². The summed E-state index contributed by atoms with van der Waals surface area (Å²) < 4.78 is 0. The Labute approximate surface area is 140 Å². The lowest BCUT2D eigenvalue weighted by Gasteiger charge is -2.34. The summed E-state index contributed by atoms with van der Waals surface area (Å²) in [6.07, 6.45) is 3.05. The van der Waals surface area contributed by atoms with Crippen molar-refractivity contribution in [3.05, 3.63) is 82.9 Å². The lowest BCUT2D eigenvalue weighted by molar-refractivity contribution is -0.127. The molecule has 0 aromatic heterocycles. The summed E-state index contributed by atoms with van der Waals surface area (Å²) in [5.41, 5.74) is 2.31. The van der Waals surface area contributed by atoms with E-state index in [1.165, 1.54) is 23.3 Å². The van der Waals surface area contributed by atoms with E-state index in [0.29, 0.717) is 0 Å². The predicted octanol–water partition coefficient (Wildman–Crippen LogP) is 3.22. The molecular weight excluding hydrogens is 296 g/mol. The third kappa shape index (κ3) is 0.749. The summed E-state index contributed by atoms with van der Waals surface area (Å²) in [7, 11) is 0. The molecule has 4 aliphatic rings. The van der Waals surface area contributed by atoms with Gasteiger partial charge in [-0.2, -0.15) is 0 Å². The van der Waals surface area contributed by atoms with E-state index < -0.39 is 21.7 Å². The van der Waals surface area contributed by atoms with E-state index >= 15 is 0 Å². The Hall–Kier alpha value is -2.48. The molecule has 0 radical (unpaired) electrons. The van der Waals surface area contributed by atoms with Gasteiger partial charge in [-0.1, -0.05) is 62.4 Å². The van der Waals surface area contributed by atoms with Crippen molar-refractivity contribution < 1.29 is 9.59 Å². The quantitative estimate of drug-likeness (QED) is 0.748. The first-order valence-corrected chi connectivity index (χ1v) is 8.47. The van der Waals surface area contributed by atoms with Crippen LogP contribution >= 0.6 is 0 Å². The molecule has 6 rings (SSSR count). The van der Waals surface area contributed by atoms with Crippen LogP contribution in [0.5, 0.6) is 0 Å². The van der Waals surface area contributed by atoms with Gasteiger partial charge in [0.2, 0.25) is 0 Å². The Bertz CT molecular complexity index is 1050. The number of ketones is 2. The van der Waals surface area contributed by atoms with Gasteiger partial charge in [-0.05, 0) is 34.4 Å². The Morgan fingerprint density at radius 1 is 0.667 bits per heavy atom. The molecular formula is C22H16O2. The van der Waals surface area contributed by atoms with E-state index in [9.17, 15) is 9.59 Å². The average Bonchev–Trinajstić information content (AvgIpc) is 3.01. The van der Waals surface area contributed by atoms with Gasteiger partial charge in [0.1, 0.15) is 0 Å². The third-order valence-corrected chi connectivity index (χ3v) is 7.75. The molecule has 1 spiro atoms. The lowest BCUT2D eigenvalue weighted by Crippen LogP contribution is -2.42. The average molecular weight is 312 g/mol. The Balaban J connectivity index is 1.91. The van der Waals surface area contributed by atoms with Crippen LogP contribution in [0.2, 0.25) is 0 Å². The fraction of sp³-hybridized carbons (Fsp3) is 0.273. The Kier molecular flexibility index (Phi) is 1.71. The van der Waals surface area contributed by atoms with Crippen molar-refractivity contribution in [1.29, 1.82) is 0 Å². The highest BCUT2D eigenvalue weighted by Crippen LogP contribution is 2.94. The second-order valence-electron chi connectivity index (χ2n) is 7.90. The normalized spacial score (nSPS) is 42.4. The van der Waals surface area contributed by atoms with Crippen molar-refractivity contribution in [3.63, 3.8) is 0 Å². The lowest BCUT2D eigenvalue weighted by atomic mass is 9.65. The molecule has 0 heterocycles. The summed E-state index contributed by atoms with van der Waals surface area (Å²) in [6.45, 7) is 4.31. The summed E-state index contributed by atoms with van der Waals surface area (Å²) in [5.74, 6) is 0.203. The first-order chi connectivity index (χ1) is 11.5. The summed E-state index contributed by atoms with van der Waals surface area (Å²) in [5, 5.41) is 0. The van der Waals surface area contributed by atoms with Gasteiger partial charge in [0.15, 0.2) is 11.6 Å². The van der Waals surface area contributed by atoms with Crippen molar-refractivity contribution in [1.82, 2.24) is 0 Å². The number of carbonyl (C=O) groups excluding carboxylic acids is 2. The molecule has 2 aromatic carbocycles. The first kappa shape index (κ1) is 12.9. The van der Waals surface area contributed by atoms with Gasteiger partial charge >= 0.3 is 0 Å². The highest BCUT2D eigenvalue weighted by Gasteiger charge is 3.01. The summed E-state index contributed by atoms with van der Waals surface area (Å²) in [4.78, 5) is 26.6. The number of benzene rings is 2. The maximum Gasteiger partial charge on any atom is 0.168 e. The van der Waals surface area contributed by atoms with E-state index in [2.05, 4.69) is 38.1 Å². The highest BCUT2D eigenvalue weighted by molar-refractivity contribution is 6.25. The second-order valence-corrected chi connectivity index (χ2v) is 7.90. The van der Waals surface area contributed by atoms with Gasteiger partial charge in [-0.3, -0.25) is 9.59 Å². The molecule has 0 saturated heterocycles. The molecule has 0 aliphatic heterocycles. The van der Waals surface area contributed by atoms with E-state index in [1.807, 2.05) is 24.3 Å². The van der Waals surface area contributed by atoms with Crippen LogP contribution in [-0.4, -0.2) is 11.6 Å². The molecule has 4 aliphatic carbocycles. The molecule has 4 unspecified atom stereocenters. The molecule has 1 fully saturated rings. The molecule has 1 saturated carbocycles. The van der Waals surface area contributed by atoms with Crippen molar-refractivity contribution in [2.75, 3.05) is 0 Å². The first-order valence-electron chi connectivity index (χ1n) is 8.47. The zero-order valence-electron chi connectivity index (χ0n) is 13.6. The fourth-order valence-corrected chi connectivity index (χ4v) is 7.26. The number of fused-ring (bicyclic) bond motifs is 5. The maximum absolute atomic E-state index is 13.3. The van der Waals surface area contributed by atoms with E-state index in [4.69, 9.17) is 0 Å². The van der Waals surface area contributed by atoms with Crippen LogP contribution < -0.4 is 0 Å². The SMILES string of the molecule is CC12c3ccccc3C3(C)C4(C(=O)C=CC(=O)C134)c1ccccc12. The minimum atomic E-state index is -0.717. The van der Waals surface area contributed by atoms with Crippen LogP contribution in [0.15, 0.2) is 60.7 Å². The summed E-state index contributed by atoms with van der Waals surface area (Å²) in [6, 6.07) is 16.5. The Morgan fingerprint density at radius 2 is 1.17 bits per heavy atom. The summed E-state index contributed by atoms with van der Waals surface area (Å²) >= 11 is 0. The van der Waals surface area contributed by atoms with Crippen LogP contribution in [0.25, 0.3) is 0 Å². The van der Waals surface area contributed by atoms with Gasteiger partial charge < -0.3 is 0 Å². The molecule has 4 atom stereocenters. The molecule has 116 valence electrons. The van der Waals surface area contributed by atoms with Crippen LogP contribution in [0.1, 0.15) is 36.1 Å². The van der Waals surface area contributed by atoms with Crippen LogP contribution in [0, 0.1) is 5.41 Å². The van der Waals surface area contributed by atoms with Crippen LogP contribution in [0.3, 0.4) is 0 Å². The number of hydrogen-bond donors (Lipinski definition) is 0. The molecule has 24 heavy (non-hydrogen) atoms.